The van der Waals surface area contributed by atoms with Gasteiger partial charge in [-0.15, -0.1) is 0 Å². The van der Waals surface area contributed by atoms with E-state index in [0.717, 1.165) is 19.3 Å². The number of hydrogen-bond donors (Lipinski definition) is 0. The number of hydrogen-bond acceptors (Lipinski definition) is 0. The summed E-state index contributed by atoms with van der Waals surface area (Å²) in [7, 11) is 0. The standard InChI is InChI=1S/C31H30/c1-4-12-24(13-5-1)20-28-23-27-18-10-11-19-29(27)31(22-26-16-8-3-9-17-26)30(28)21-25-14-6-2-7-15-25/h1-19,28,30-31H,20-23H2. The van der Waals surface area contributed by atoms with Crippen LogP contribution in [0.3, 0.4) is 0 Å². The Kier molecular flexibility index (Phi) is 5.98. The molecular formula is C31H30. The van der Waals surface area contributed by atoms with Crippen LogP contribution in [0.5, 0.6) is 0 Å². The number of benzene rings is 4. The second-order valence-electron chi connectivity index (χ2n) is 9.00. The SMILES string of the molecule is c1ccc(CC2Cc3ccccc3C(Cc3ccccc3)C2Cc2ccccc2)cc1. The monoisotopic (exact) mass is 402 g/mol. The van der Waals surface area contributed by atoms with Crippen LogP contribution >= 0.6 is 0 Å². The van der Waals surface area contributed by atoms with Gasteiger partial charge in [-0.25, -0.2) is 0 Å². The van der Waals surface area contributed by atoms with E-state index in [9.17, 15) is 0 Å². The molecule has 0 fully saturated rings. The molecule has 1 aliphatic carbocycles. The van der Waals surface area contributed by atoms with Gasteiger partial charge in [0.1, 0.15) is 0 Å². The molecule has 0 spiro atoms. The Balaban J connectivity index is 1.54. The Labute approximate surface area is 186 Å². The zero-order chi connectivity index (χ0) is 20.9. The lowest BCUT2D eigenvalue weighted by molar-refractivity contribution is 0.250. The summed E-state index contributed by atoms with van der Waals surface area (Å²) in [6.45, 7) is 0. The van der Waals surface area contributed by atoms with E-state index >= 15 is 0 Å². The van der Waals surface area contributed by atoms with Crippen molar-refractivity contribution in [3.63, 3.8) is 0 Å². The summed E-state index contributed by atoms with van der Waals surface area (Å²) in [6.07, 6.45) is 4.58. The zero-order valence-electron chi connectivity index (χ0n) is 18.0. The quantitative estimate of drug-likeness (QED) is 0.318. The van der Waals surface area contributed by atoms with Gasteiger partial charge in [-0.2, -0.15) is 0 Å². The largest absolute Gasteiger partial charge is 0.0622 e. The molecule has 154 valence electrons. The normalized spacial score (nSPS) is 20.2. The molecule has 4 aromatic rings. The maximum Gasteiger partial charge on any atom is -0.00844 e. The van der Waals surface area contributed by atoms with E-state index in [0.29, 0.717) is 17.8 Å². The fourth-order valence-corrected chi connectivity index (χ4v) is 5.54. The van der Waals surface area contributed by atoms with Crippen LogP contribution in [-0.4, -0.2) is 0 Å². The summed E-state index contributed by atoms with van der Waals surface area (Å²) in [5.74, 6) is 1.81. The third kappa shape index (κ3) is 4.64. The number of rotatable bonds is 6. The van der Waals surface area contributed by atoms with E-state index in [1.165, 1.54) is 23.1 Å². The van der Waals surface area contributed by atoms with Crippen LogP contribution in [0.25, 0.3) is 0 Å². The molecule has 0 N–H and O–H groups in total. The van der Waals surface area contributed by atoms with Gasteiger partial charge >= 0.3 is 0 Å². The van der Waals surface area contributed by atoms with E-state index in [4.69, 9.17) is 0 Å². The molecule has 0 amide bonds. The molecule has 0 saturated carbocycles. The van der Waals surface area contributed by atoms with Gasteiger partial charge in [-0.05, 0) is 71.3 Å². The summed E-state index contributed by atoms with van der Waals surface area (Å²) >= 11 is 0. The first kappa shape index (κ1) is 19.8. The first-order valence-electron chi connectivity index (χ1n) is 11.6. The zero-order valence-corrected chi connectivity index (χ0v) is 18.0. The summed E-state index contributed by atoms with van der Waals surface area (Å²) in [5.41, 5.74) is 7.48. The predicted molar refractivity (Wildman–Crippen MR) is 130 cm³/mol. The highest BCUT2D eigenvalue weighted by molar-refractivity contribution is 5.37. The molecule has 3 atom stereocenters. The molecule has 4 aromatic carbocycles. The predicted octanol–water partition coefficient (Wildman–Crippen LogP) is 7.29. The Morgan fingerprint density at radius 2 is 0.968 bits per heavy atom. The van der Waals surface area contributed by atoms with Crippen LogP contribution in [0, 0.1) is 11.8 Å². The minimum atomic E-state index is 0.543. The third-order valence-electron chi connectivity index (χ3n) is 7.01. The molecular weight excluding hydrogens is 372 g/mol. The van der Waals surface area contributed by atoms with Gasteiger partial charge in [-0.3, -0.25) is 0 Å². The van der Waals surface area contributed by atoms with E-state index < -0.39 is 0 Å². The van der Waals surface area contributed by atoms with Crippen molar-refractivity contribution in [3.05, 3.63) is 143 Å². The molecule has 0 radical (unpaired) electrons. The smallest absolute Gasteiger partial charge is 0.00844 e. The highest BCUT2D eigenvalue weighted by Gasteiger charge is 2.36. The average Bonchev–Trinajstić information content (AvgIpc) is 2.83. The summed E-state index contributed by atoms with van der Waals surface area (Å²) in [5, 5.41) is 0. The first-order chi connectivity index (χ1) is 15.4. The van der Waals surface area contributed by atoms with Crippen LogP contribution in [0.1, 0.15) is 33.7 Å². The highest BCUT2D eigenvalue weighted by atomic mass is 14.4. The lowest BCUT2D eigenvalue weighted by Crippen LogP contribution is -2.34. The molecule has 5 rings (SSSR count). The summed E-state index contributed by atoms with van der Waals surface area (Å²) in [6, 6.07) is 42.5. The minimum Gasteiger partial charge on any atom is -0.0622 e. The molecule has 3 unspecified atom stereocenters. The molecule has 0 aliphatic heterocycles. The van der Waals surface area contributed by atoms with E-state index in [1.807, 2.05) is 0 Å². The maximum absolute atomic E-state index is 2.39. The second kappa shape index (κ2) is 9.35. The Hall–Kier alpha value is -3.12. The topological polar surface area (TPSA) is 0 Å². The van der Waals surface area contributed by atoms with Crippen molar-refractivity contribution in [1.29, 1.82) is 0 Å². The summed E-state index contributed by atoms with van der Waals surface area (Å²) < 4.78 is 0. The Morgan fingerprint density at radius 1 is 0.484 bits per heavy atom. The fraction of sp³-hybridized carbons (Fsp3) is 0.226. The summed E-state index contributed by atoms with van der Waals surface area (Å²) in [4.78, 5) is 0. The van der Waals surface area contributed by atoms with Crippen LogP contribution < -0.4 is 0 Å². The molecule has 0 nitrogen and oxygen atoms in total. The van der Waals surface area contributed by atoms with Gasteiger partial charge in [0.25, 0.3) is 0 Å². The average molecular weight is 403 g/mol. The van der Waals surface area contributed by atoms with Crippen molar-refractivity contribution in [3.8, 4) is 0 Å². The van der Waals surface area contributed by atoms with Crippen molar-refractivity contribution in [2.75, 3.05) is 0 Å². The highest BCUT2D eigenvalue weighted by Crippen LogP contribution is 2.44. The molecule has 0 bridgehead atoms. The molecule has 0 heterocycles. The lowest BCUT2D eigenvalue weighted by atomic mass is 9.64. The van der Waals surface area contributed by atoms with Crippen molar-refractivity contribution < 1.29 is 0 Å². The minimum absolute atomic E-state index is 0.543. The van der Waals surface area contributed by atoms with E-state index in [2.05, 4.69) is 115 Å². The van der Waals surface area contributed by atoms with Crippen LogP contribution in [0.15, 0.2) is 115 Å². The van der Waals surface area contributed by atoms with E-state index in [-0.39, 0.29) is 0 Å². The van der Waals surface area contributed by atoms with Gasteiger partial charge < -0.3 is 0 Å². The van der Waals surface area contributed by atoms with Crippen LogP contribution in [0.4, 0.5) is 0 Å². The van der Waals surface area contributed by atoms with Crippen molar-refractivity contribution in [2.24, 2.45) is 11.8 Å². The van der Waals surface area contributed by atoms with Gasteiger partial charge in [-0.1, -0.05) is 115 Å². The van der Waals surface area contributed by atoms with Crippen LogP contribution in [-0.2, 0) is 25.7 Å². The first-order valence-corrected chi connectivity index (χ1v) is 11.6. The molecule has 0 saturated heterocycles. The number of fused-ring (bicyclic) bond motifs is 1. The molecule has 31 heavy (non-hydrogen) atoms. The van der Waals surface area contributed by atoms with Crippen molar-refractivity contribution in [1.82, 2.24) is 0 Å². The second-order valence-corrected chi connectivity index (χ2v) is 9.00. The van der Waals surface area contributed by atoms with Gasteiger partial charge in [0.05, 0.1) is 0 Å². The molecule has 0 heteroatoms. The van der Waals surface area contributed by atoms with Gasteiger partial charge in [0, 0.05) is 0 Å². The molecule has 0 aromatic heterocycles. The van der Waals surface area contributed by atoms with E-state index in [1.54, 1.807) is 11.1 Å². The van der Waals surface area contributed by atoms with Gasteiger partial charge in [0.2, 0.25) is 0 Å². The third-order valence-corrected chi connectivity index (χ3v) is 7.01. The Morgan fingerprint density at radius 3 is 1.58 bits per heavy atom. The van der Waals surface area contributed by atoms with Crippen molar-refractivity contribution in [2.45, 2.75) is 31.6 Å². The molecule has 1 aliphatic rings. The fourth-order valence-electron chi connectivity index (χ4n) is 5.54. The van der Waals surface area contributed by atoms with Crippen molar-refractivity contribution >= 4 is 0 Å². The van der Waals surface area contributed by atoms with Crippen LogP contribution in [0.2, 0.25) is 0 Å². The Bertz CT molecular complexity index is 1080. The van der Waals surface area contributed by atoms with Gasteiger partial charge in [0.15, 0.2) is 0 Å². The lowest BCUT2D eigenvalue weighted by Gasteiger charge is -2.40. The maximum atomic E-state index is 2.39.